The molecule has 0 saturated heterocycles. The van der Waals surface area contributed by atoms with E-state index in [2.05, 4.69) is 0 Å². The number of ether oxygens (including phenoxy) is 1. The van der Waals surface area contributed by atoms with Crippen LogP contribution in [0.4, 0.5) is 4.39 Å². The fourth-order valence-electron chi connectivity index (χ4n) is 3.39. The molecule has 0 heterocycles. The molecule has 0 aromatic heterocycles. The number of rotatable bonds is 5. The summed E-state index contributed by atoms with van der Waals surface area (Å²) in [4.78, 5) is 11.3. The van der Waals surface area contributed by atoms with E-state index in [1.807, 2.05) is 12.1 Å². The maximum Gasteiger partial charge on any atom is 0.305 e. The van der Waals surface area contributed by atoms with Crippen molar-refractivity contribution in [1.29, 1.82) is 0 Å². The Labute approximate surface area is 120 Å². The monoisotopic (exact) mass is 278 g/mol. The molecule has 110 valence electrons. The predicted octanol–water partition coefficient (Wildman–Crippen LogP) is 4.37. The fourth-order valence-corrected chi connectivity index (χ4v) is 3.39. The van der Waals surface area contributed by atoms with Gasteiger partial charge >= 0.3 is 5.97 Å². The SMILES string of the molecule is COC(=O)CCCC1(c2ccc(F)cc2)CCCCC1. The predicted molar refractivity (Wildman–Crippen MR) is 77.0 cm³/mol. The van der Waals surface area contributed by atoms with Crippen LogP contribution in [0.2, 0.25) is 0 Å². The van der Waals surface area contributed by atoms with Gasteiger partial charge in [-0.1, -0.05) is 31.4 Å². The molecule has 0 radical (unpaired) electrons. The number of hydrogen-bond acceptors (Lipinski definition) is 2. The third-order valence-electron chi connectivity index (χ3n) is 4.53. The van der Waals surface area contributed by atoms with Crippen LogP contribution in [0.25, 0.3) is 0 Å². The van der Waals surface area contributed by atoms with E-state index in [4.69, 9.17) is 4.74 Å². The van der Waals surface area contributed by atoms with Crippen LogP contribution in [0.1, 0.15) is 56.9 Å². The molecule has 0 spiro atoms. The van der Waals surface area contributed by atoms with Crippen molar-refractivity contribution in [3.8, 4) is 0 Å². The van der Waals surface area contributed by atoms with Gasteiger partial charge in [0.05, 0.1) is 7.11 Å². The molecule has 0 bridgehead atoms. The van der Waals surface area contributed by atoms with Crippen molar-refractivity contribution >= 4 is 5.97 Å². The lowest BCUT2D eigenvalue weighted by atomic mass is 9.67. The van der Waals surface area contributed by atoms with E-state index in [0.717, 1.165) is 25.7 Å². The summed E-state index contributed by atoms with van der Waals surface area (Å²) >= 11 is 0. The van der Waals surface area contributed by atoms with E-state index >= 15 is 0 Å². The molecule has 0 unspecified atom stereocenters. The zero-order valence-electron chi connectivity index (χ0n) is 12.2. The molecule has 3 heteroatoms. The van der Waals surface area contributed by atoms with Crippen molar-refractivity contribution in [2.75, 3.05) is 7.11 Å². The number of methoxy groups -OCH3 is 1. The highest BCUT2D eigenvalue weighted by Gasteiger charge is 2.33. The van der Waals surface area contributed by atoms with Gasteiger partial charge in [-0.15, -0.1) is 0 Å². The molecule has 0 atom stereocenters. The smallest absolute Gasteiger partial charge is 0.305 e. The van der Waals surface area contributed by atoms with E-state index < -0.39 is 0 Å². The van der Waals surface area contributed by atoms with Gasteiger partial charge in [-0.3, -0.25) is 4.79 Å². The molecule has 2 rings (SSSR count). The highest BCUT2D eigenvalue weighted by atomic mass is 19.1. The van der Waals surface area contributed by atoms with Gasteiger partial charge in [-0.25, -0.2) is 4.39 Å². The second-order valence-electron chi connectivity index (χ2n) is 5.78. The Morgan fingerprint density at radius 2 is 1.85 bits per heavy atom. The third kappa shape index (κ3) is 3.59. The molecule has 1 aromatic rings. The summed E-state index contributed by atoms with van der Waals surface area (Å²) in [5.41, 5.74) is 1.35. The minimum Gasteiger partial charge on any atom is -0.469 e. The molecule has 0 aliphatic heterocycles. The summed E-state index contributed by atoms with van der Waals surface area (Å²) < 4.78 is 17.8. The number of hydrogen-bond donors (Lipinski definition) is 0. The highest BCUT2D eigenvalue weighted by Crippen LogP contribution is 2.43. The van der Waals surface area contributed by atoms with Gasteiger partial charge < -0.3 is 4.74 Å². The van der Waals surface area contributed by atoms with Crippen molar-refractivity contribution in [3.05, 3.63) is 35.6 Å². The molecule has 1 saturated carbocycles. The molecule has 1 aliphatic carbocycles. The molecule has 1 aromatic carbocycles. The van der Waals surface area contributed by atoms with Crippen LogP contribution >= 0.6 is 0 Å². The Morgan fingerprint density at radius 1 is 1.20 bits per heavy atom. The molecule has 0 N–H and O–H groups in total. The first-order chi connectivity index (χ1) is 9.66. The summed E-state index contributed by atoms with van der Waals surface area (Å²) in [5, 5.41) is 0. The summed E-state index contributed by atoms with van der Waals surface area (Å²) in [7, 11) is 1.43. The highest BCUT2D eigenvalue weighted by molar-refractivity contribution is 5.69. The average molecular weight is 278 g/mol. The lowest BCUT2D eigenvalue weighted by Crippen LogP contribution is -2.29. The van der Waals surface area contributed by atoms with Crippen LogP contribution < -0.4 is 0 Å². The van der Waals surface area contributed by atoms with Crippen molar-refractivity contribution < 1.29 is 13.9 Å². The van der Waals surface area contributed by atoms with Crippen molar-refractivity contribution in [2.45, 2.75) is 56.8 Å². The first-order valence-corrected chi connectivity index (χ1v) is 7.49. The van der Waals surface area contributed by atoms with Crippen LogP contribution in [-0.4, -0.2) is 13.1 Å². The van der Waals surface area contributed by atoms with E-state index in [1.165, 1.54) is 31.9 Å². The molecule has 0 amide bonds. The Balaban J connectivity index is 2.09. The van der Waals surface area contributed by atoms with Gasteiger partial charge in [0.2, 0.25) is 0 Å². The lowest BCUT2D eigenvalue weighted by molar-refractivity contribution is -0.140. The minimum atomic E-state index is -0.186. The first-order valence-electron chi connectivity index (χ1n) is 7.49. The Morgan fingerprint density at radius 3 is 2.45 bits per heavy atom. The van der Waals surface area contributed by atoms with Gasteiger partial charge in [0.15, 0.2) is 0 Å². The first kappa shape index (κ1) is 15.0. The number of carbonyl (C=O) groups excluding carboxylic acids is 1. The standard InChI is InChI=1S/C17H23FO2/c1-20-16(19)6-5-13-17(11-3-2-4-12-17)14-7-9-15(18)10-8-14/h7-10H,2-6,11-13H2,1H3. The normalized spacial score (nSPS) is 17.7. The second-order valence-corrected chi connectivity index (χ2v) is 5.78. The molecule has 1 aliphatic rings. The van der Waals surface area contributed by atoms with Crippen LogP contribution in [0.5, 0.6) is 0 Å². The zero-order chi connectivity index (χ0) is 14.4. The molecule has 1 fully saturated rings. The minimum absolute atomic E-state index is 0.125. The van der Waals surface area contributed by atoms with Crippen molar-refractivity contribution in [2.24, 2.45) is 0 Å². The van der Waals surface area contributed by atoms with E-state index in [1.54, 1.807) is 12.1 Å². The van der Waals surface area contributed by atoms with Crippen LogP contribution in [0, 0.1) is 5.82 Å². The van der Waals surface area contributed by atoms with Gasteiger partial charge in [-0.2, -0.15) is 0 Å². The Kier molecular flexibility index (Phi) is 5.16. The number of esters is 1. The van der Waals surface area contributed by atoms with Gasteiger partial charge in [-0.05, 0) is 48.8 Å². The lowest BCUT2D eigenvalue weighted by Gasteiger charge is -2.38. The van der Waals surface area contributed by atoms with E-state index in [-0.39, 0.29) is 17.2 Å². The van der Waals surface area contributed by atoms with Crippen LogP contribution in [0.15, 0.2) is 24.3 Å². The number of carbonyl (C=O) groups is 1. The quantitative estimate of drug-likeness (QED) is 0.747. The number of benzene rings is 1. The van der Waals surface area contributed by atoms with Gasteiger partial charge in [0.1, 0.15) is 5.82 Å². The van der Waals surface area contributed by atoms with Crippen molar-refractivity contribution in [3.63, 3.8) is 0 Å². The zero-order valence-corrected chi connectivity index (χ0v) is 12.2. The van der Waals surface area contributed by atoms with Crippen molar-refractivity contribution in [1.82, 2.24) is 0 Å². The van der Waals surface area contributed by atoms with Gasteiger partial charge in [0.25, 0.3) is 0 Å². The van der Waals surface area contributed by atoms with Crippen LogP contribution in [0.3, 0.4) is 0 Å². The largest absolute Gasteiger partial charge is 0.469 e. The summed E-state index contributed by atoms with van der Waals surface area (Å²) in [6, 6.07) is 6.93. The van der Waals surface area contributed by atoms with E-state index in [9.17, 15) is 9.18 Å². The Hall–Kier alpha value is -1.38. The maximum atomic E-state index is 13.1. The summed E-state index contributed by atoms with van der Waals surface area (Å²) in [5.74, 6) is -0.329. The maximum absolute atomic E-state index is 13.1. The van der Waals surface area contributed by atoms with Gasteiger partial charge in [0, 0.05) is 6.42 Å². The molecule has 2 nitrogen and oxygen atoms in total. The Bertz CT molecular complexity index is 433. The third-order valence-corrected chi connectivity index (χ3v) is 4.53. The summed E-state index contributed by atoms with van der Waals surface area (Å²) in [6.45, 7) is 0. The van der Waals surface area contributed by atoms with E-state index in [0.29, 0.717) is 6.42 Å². The molecule has 20 heavy (non-hydrogen) atoms. The average Bonchev–Trinajstić information content (AvgIpc) is 2.48. The molecular weight excluding hydrogens is 255 g/mol. The fraction of sp³-hybridized carbons (Fsp3) is 0.588. The van der Waals surface area contributed by atoms with Crippen LogP contribution in [-0.2, 0) is 14.9 Å². The number of halogens is 1. The second kappa shape index (κ2) is 6.87. The summed E-state index contributed by atoms with van der Waals surface area (Å²) in [6.07, 6.45) is 8.28. The topological polar surface area (TPSA) is 26.3 Å². The molecular formula is C17H23FO2.